The first kappa shape index (κ1) is 14.6. The molecule has 0 saturated carbocycles. The summed E-state index contributed by atoms with van der Waals surface area (Å²) in [6.45, 7) is 4.06. The Morgan fingerprint density at radius 1 is 1.43 bits per heavy atom. The molecule has 1 fully saturated rings. The summed E-state index contributed by atoms with van der Waals surface area (Å²) < 4.78 is 0. The fourth-order valence-electron chi connectivity index (χ4n) is 3.99. The monoisotopic (exact) mass is 286 g/mol. The van der Waals surface area contributed by atoms with Crippen LogP contribution in [0.1, 0.15) is 56.2 Å². The normalized spacial score (nSPS) is 28.1. The summed E-state index contributed by atoms with van der Waals surface area (Å²) in [4.78, 5) is 12.9. The molecule has 3 rings (SSSR count). The molecule has 1 aromatic carbocycles. The molecule has 2 atom stereocenters. The van der Waals surface area contributed by atoms with Crippen LogP contribution in [0.3, 0.4) is 0 Å². The molecular weight excluding hydrogens is 260 g/mol. The van der Waals surface area contributed by atoms with Crippen LogP contribution in [0.5, 0.6) is 0 Å². The van der Waals surface area contributed by atoms with Gasteiger partial charge in [-0.1, -0.05) is 37.6 Å². The first-order valence-corrected chi connectivity index (χ1v) is 8.35. The van der Waals surface area contributed by atoms with E-state index in [1.54, 1.807) is 0 Å². The quantitative estimate of drug-likeness (QED) is 0.893. The molecule has 2 N–H and O–H groups in total. The van der Waals surface area contributed by atoms with E-state index in [1.165, 1.54) is 11.1 Å². The van der Waals surface area contributed by atoms with E-state index in [-0.39, 0.29) is 17.4 Å². The molecule has 3 nitrogen and oxygen atoms in total. The number of aryl methyl sites for hydroxylation is 1. The van der Waals surface area contributed by atoms with Crippen molar-refractivity contribution in [1.29, 1.82) is 0 Å². The van der Waals surface area contributed by atoms with Gasteiger partial charge >= 0.3 is 0 Å². The van der Waals surface area contributed by atoms with Crippen molar-refractivity contribution in [2.24, 2.45) is 5.41 Å². The zero-order chi connectivity index (χ0) is 14.7. The summed E-state index contributed by atoms with van der Waals surface area (Å²) >= 11 is 0. The Morgan fingerprint density at radius 3 is 3.05 bits per heavy atom. The number of nitrogens with one attached hydrogen (secondary N) is 2. The van der Waals surface area contributed by atoms with Crippen molar-refractivity contribution >= 4 is 5.91 Å². The molecule has 1 aliphatic carbocycles. The molecule has 1 saturated heterocycles. The van der Waals surface area contributed by atoms with E-state index in [9.17, 15) is 4.79 Å². The number of carbonyl (C=O) groups is 1. The SMILES string of the molecule is CCCC1(C(=O)NC2CCc3ccccc32)CCCNC1. The van der Waals surface area contributed by atoms with Crippen LogP contribution in [0.4, 0.5) is 0 Å². The summed E-state index contributed by atoms with van der Waals surface area (Å²) in [5.41, 5.74) is 2.53. The molecule has 21 heavy (non-hydrogen) atoms. The lowest BCUT2D eigenvalue weighted by molar-refractivity contribution is -0.133. The van der Waals surface area contributed by atoms with E-state index in [0.29, 0.717) is 0 Å². The minimum absolute atomic E-state index is 0.190. The van der Waals surface area contributed by atoms with Crippen molar-refractivity contribution in [3.63, 3.8) is 0 Å². The third-order valence-corrected chi connectivity index (χ3v) is 5.12. The topological polar surface area (TPSA) is 41.1 Å². The van der Waals surface area contributed by atoms with Crippen molar-refractivity contribution in [2.75, 3.05) is 13.1 Å². The van der Waals surface area contributed by atoms with Crippen LogP contribution in [0.25, 0.3) is 0 Å². The summed E-state index contributed by atoms with van der Waals surface area (Å²) in [5, 5.41) is 6.78. The Morgan fingerprint density at radius 2 is 2.29 bits per heavy atom. The molecule has 1 aromatic rings. The minimum atomic E-state index is -0.190. The van der Waals surface area contributed by atoms with Crippen molar-refractivity contribution in [3.8, 4) is 0 Å². The van der Waals surface area contributed by atoms with Crippen LogP contribution >= 0.6 is 0 Å². The molecule has 3 heteroatoms. The van der Waals surface area contributed by atoms with Crippen LogP contribution in [0.15, 0.2) is 24.3 Å². The minimum Gasteiger partial charge on any atom is -0.349 e. The Bertz CT molecular complexity index is 500. The molecule has 1 aliphatic heterocycles. The van der Waals surface area contributed by atoms with Crippen LogP contribution < -0.4 is 10.6 Å². The Labute approximate surface area is 127 Å². The number of carbonyl (C=O) groups excluding carboxylic acids is 1. The standard InChI is InChI=1S/C18H26N2O/c1-2-10-18(11-5-12-19-13-18)17(21)20-16-9-8-14-6-3-4-7-15(14)16/h3-4,6-7,16,19H,2,5,8-13H2,1H3,(H,20,21). The summed E-state index contributed by atoms with van der Waals surface area (Å²) in [6, 6.07) is 8.73. The van der Waals surface area contributed by atoms with Gasteiger partial charge in [0.2, 0.25) is 5.91 Å². The highest BCUT2D eigenvalue weighted by atomic mass is 16.2. The Kier molecular flexibility index (Phi) is 4.29. The first-order valence-electron chi connectivity index (χ1n) is 8.35. The average molecular weight is 286 g/mol. The molecule has 0 radical (unpaired) electrons. The maximum absolute atomic E-state index is 12.9. The fraction of sp³-hybridized carbons (Fsp3) is 0.611. The second-order valence-electron chi connectivity index (χ2n) is 6.57. The number of hydrogen-bond acceptors (Lipinski definition) is 2. The van der Waals surface area contributed by atoms with Crippen molar-refractivity contribution in [1.82, 2.24) is 10.6 Å². The molecule has 2 aliphatic rings. The van der Waals surface area contributed by atoms with E-state index in [1.807, 2.05) is 0 Å². The second-order valence-corrected chi connectivity index (χ2v) is 6.57. The third-order valence-electron chi connectivity index (χ3n) is 5.12. The summed E-state index contributed by atoms with van der Waals surface area (Å²) in [5.74, 6) is 0.262. The highest BCUT2D eigenvalue weighted by molar-refractivity contribution is 5.83. The molecule has 1 amide bonds. The molecule has 114 valence electrons. The highest BCUT2D eigenvalue weighted by Crippen LogP contribution is 2.35. The summed E-state index contributed by atoms with van der Waals surface area (Å²) in [7, 11) is 0. The number of benzene rings is 1. The molecule has 0 bridgehead atoms. The van der Waals surface area contributed by atoms with Crippen molar-refractivity contribution in [3.05, 3.63) is 35.4 Å². The van der Waals surface area contributed by atoms with Gasteiger partial charge in [0.05, 0.1) is 11.5 Å². The van der Waals surface area contributed by atoms with Gasteiger partial charge in [-0.15, -0.1) is 0 Å². The van der Waals surface area contributed by atoms with Gasteiger partial charge < -0.3 is 10.6 Å². The van der Waals surface area contributed by atoms with Crippen LogP contribution in [0, 0.1) is 5.41 Å². The first-order chi connectivity index (χ1) is 10.2. The Hall–Kier alpha value is -1.35. The number of piperidine rings is 1. The smallest absolute Gasteiger partial charge is 0.227 e. The van der Waals surface area contributed by atoms with E-state index >= 15 is 0 Å². The zero-order valence-electron chi connectivity index (χ0n) is 13.0. The lowest BCUT2D eigenvalue weighted by Crippen LogP contribution is -2.51. The highest BCUT2D eigenvalue weighted by Gasteiger charge is 2.40. The number of hydrogen-bond donors (Lipinski definition) is 2. The van der Waals surface area contributed by atoms with Crippen LogP contribution in [0.2, 0.25) is 0 Å². The van der Waals surface area contributed by atoms with Crippen molar-refractivity contribution in [2.45, 2.75) is 51.5 Å². The van der Waals surface area contributed by atoms with E-state index in [0.717, 1.165) is 51.6 Å². The van der Waals surface area contributed by atoms with Crippen LogP contribution in [-0.2, 0) is 11.2 Å². The lowest BCUT2D eigenvalue weighted by Gasteiger charge is -2.37. The van der Waals surface area contributed by atoms with Gasteiger partial charge in [0.25, 0.3) is 0 Å². The van der Waals surface area contributed by atoms with Gasteiger partial charge in [-0.05, 0) is 49.8 Å². The summed E-state index contributed by atoms with van der Waals surface area (Å²) in [6.07, 6.45) is 6.31. The lowest BCUT2D eigenvalue weighted by atomic mass is 9.76. The molecular formula is C18H26N2O. The van der Waals surface area contributed by atoms with Crippen molar-refractivity contribution < 1.29 is 4.79 Å². The average Bonchev–Trinajstić information content (AvgIpc) is 2.92. The molecule has 1 heterocycles. The number of amides is 1. The van der Waals surface area contributed by atoms with Gasteiger partial charge in [-0.25, -0.2) is 0 Å². The number of fused-ring (bicyclic) bond motifs is 1. The predicted molar refractivity (Wildman–Crippen MR) is 85.1 cm³/mol. The zero-order valence-corrected chi connectivity index (χ0v) is 13.0. The van der Waals surface area contributed by atoms with Gasteiger partial charge in [0.15, 0.2) is 0 Å². The fourth-order valence-corrected chi connectivity index (χ4v) is 3.99. The van der Waals surface area contributed by atoms with E-state index in [2.05, 4.69) is 41.8 Å². The van der Waals surface area contributed by atoms with E-state index in [4.69, 9.17) is 0 Å². The van der Waals surface area contributed by atoms with Crippen LogP contribution in [-0.4, -0.2) is 19.0 Å². The van der Waals surface area contributed by atoms with Gasteiger partial charge in [0, 0.05) is 6.54 Å². The van der Waals surface area contributed by atoms with Gasteiger partial charge in [0.1, 0.15) is 0 Å². The maximum Gasteiger partial charge on any atom is 0.227 e. The molecule has 0 spiro atoms. The predicted octanol–water partition coefficient (Wildman–Crippen LogP) is 2.96. The molecule has 0 aromatic heterocycles. The Balaban J connectivity index is 1.73. The maximum atomic E-state index is 12.9. The van der Waals surface area contributed by atoms with Gasteiger partial charge in [-0.3, -0.25) is 4.79 Å². The molecule has 2 unspecified atom stereocenters. The van der Waals surface area contributed by atoms with Gasteiger partial charge in [-0.2, -0.15) is 0 Å². The third kappa shape index (κ3) is 2.84. The number of rotatable bonds is 4. The largest absolute Gasteiger partial charge is 0.349 e. The second kappa shape index (κ2) is 6.18. The van der Waals surface area contributed by atoms with E-state index < -0.39 is 0 Å².